The maximum absolute atomic E-state index is 12.5. The zero-order valence-electron chi connectivity index (χ0n) is 11.9. The lowest BCUT2D eigenvalue weighted by molar-refractivity contribution is 0.0946. The highest BCUT2D eigenvalue weighted by Gasteiger charge is 2.18. The van der Waals surface area contributed by atoms with E-state index in [4.69, 9.17) is 10.9 Å². The standard InChI is InChI=1S/C16H19N3O2/c1-2-6-14(15(17)19-21)18-16(20)13-10-5-8-11-7-3-4-9-12(11)13/h3-5,7-10,14,21H,2,6H2,1H3,(H2,17,19)(H,18,20). The molecular weight excluding hydrogens is 266 g/mol. The van der Waals surface area contributed by atoms with Crippen LogP contribution < -0.4 is 11.1 Å². The molecule has 2 aromatic rings. The molecule has 2 rings (SSSR count). The van der Waals surface area contributed by atoms with E-state index in [9.17, 15) is 4.79 Å². The Morgan fingerprint density at radius 2 is 2.00 bits per heavy atom. The molecule has 110 valence electrons. The number of carbonyl (C=O) groups is 1. The molecule has 0 aliphatic carbocycles. The van der Waals surface area contributed by atoms with Gasteiger partial charge in [-0.3, -0.25) is 4.79 Å². The number of nitrogens with zero attached hydrogens (tertiary/aromatic N) is 1. The van der Waals surface area contributed by atoms with Crippen LogP contribution in [0.5, 0.6) is 0 Å². The lowest BCUT2D eigenvalue weighted by Crippen LogP contribution is -2.44. The van der Waals surface area contributed by atoms with Gasteiger partial charge in [-0.1, -0.05) is 54.9 Å². The van der Waals surface area contributed by atoms with Crippen LogP contribution in [0.4, 0.5) is 0 Å². The molecule has 0 bridgehead atoms. The number of nitrogens with two attached hydrogens (primary N) is 1. The largest absolute Gasteiger partial charge is 0.409 e. The Kier molecular flexibility index (Phi) is 4.77. The van der Waals surface area contributed by atoms with Crippen LogP contribution in [-0.4, -0.2) is 23.0 Å². The van der Waals surface area contributed by atoms with Gasteiger partial charge >= 0.3 is 0 Å². The zero-order valence-corrected chi connectivity index (χ0v) is 11.9. The Labute approximate surface area is 123 Å². The number of carbonyl (C=O) groups excluding carboxylic acids is 1. The maximum Gasteiger partial charge on any atom is 0.252 e. The lowest BCUT2D eigenvalue weighted by Gasteiger charge is -2.17. The molecule has 2 aromatic carbocycles. The van der Waals surface area contributed by atoms with Gasteiger partial charge in [0.25, 0.3) is 5.91 Å². The van der Waals surface area contributed by atoms with Crippen molar-refractivity contribution >= 4 is 22.5 Å². The first-order chi connectivity index (χ1) is 10.2. The van der Waals surface area contributed by atoms with Gasteiger partial charge in [-0.2, -0.15) is 0 Å². The Hall–Kier alpha value is -2.56. The molecule has 0 saturated heterocycles. The Morgan fingerprint density at radius 3 is 2.71 bits per heavy atom. The minimum Gasteiger partial charge on any atom is -0.409 e. The SMILES string of the molecule is CCCC(NC(=O)c1cccc2ccccc12)/C(N)=N/O. The second-order valence-corrected chi connectivity index (χ2v) is 4.87. The quantitative estimate of drug-likeness (QED) is 0.341. The third-order valence-electron chi connectivity index (χ3n) is 3.39. The highest BCUT2D eigenvalue weighted by molar-refractivity contribution is 6.08. The molecule has 0 heterocycles. The van der Waals surface area contributed by atoms with E-state index in [0.717, 1.165) is 17.2 Å². The van der Waals surface area contributed by atoms with Gasteiger partial charge in [0.2, 0.25) is 0 Å². The van der Waals surface area contributed by atoms with Gasteiger partial charge in [-0.05, 0) is 23.3 Å². The molecule has 0 aliphatic heterocycles. The van der Waals surface area contributed by atoms with E-state index in [1.807, 2.05) is 43.3 Å². The van der Waals surface area contributed by atoms with Gasteiger partial charge in [0.15, 0.2) is 5.84 Å². The molecule has 0 aromatic heterocycles. The predicted octanol–water partition coefficient (Wildman–Crippen LogP) is 2.48. The summed E-state index contributed by atoms with van der Waals surface area (Å²) in [7, 11) is 0. The molecule has 1 unspecified atom stereocenters. The smallest absolute Gasteiger partial charge is 0.252 e. The van der Waals surface area contributed by atoms with Crippen LogP contribution in [0.15, 0.2) is 47.6 Å². The number of amides is 1. The Balaban J connectivity index is 2.29. The Bertz CT molecular complexity index is 662. The molecule has 21 heavy (non-hydrogen) atoms. The molecule has 4 N–H and O–H groups in total. The Morgan fingerprint density at radius 1 is 1.29 bits per heavy atom. The van der Waals surface area contributed by atoms with Crippen molar-refractivity contribution in [3.05, 3.63) is 48.0 Å². The fourth-order valence-corrected chi connectivity index (χ4v) is 2.31. The van der Waals surface area contributed by atoms with Crippen molar-refractivity contribution in [3.63, 3.8) is 0 Å². The van der Waals surface area contributed by atoms with Crippen molar-refractivity contribution in [3.8, 4) is 0 Å². The summed E-state index contributed by atoms with van der Waals surface area (Å²) in [4.78, 5) is 12.5. The number of fused-ring (bicyclic) bond motifs is 1. The van der Waals surface area contributed by atoms with Crippen LogP contribution in [0.25, 0.3) is 10.8 Å². The van der Waals surface area contributed by atoms with Crippen molar-refractivity contribution in [2.75, 3.05) is 0 Å². The van der Waals surface area contributed by atoms with Crippen LogP contribution in [0, 0.1) is 0 Å². The monoisotopic (exact) mass is 285 g/mol. The minimum atomic E-state index is -0.466. The van der Waals surface area contributed by atoms with E-state index in [1.54, 1.807) is 6.07 Å². The van der Waals surface area contributed by atoms with Crippen molar-refractivity contribution in [1.29, 1.82) is 0 Å². The zero-order chi connectivity index (χ0) is 15.2. The third kappa shape index (κ3) is 3.31. The number of oxime groups is 1. The maximum atomic E-state index is 12.5. The van der Waals surface area contributed by atoms with Crippen molar-refractivity contribution in [2.24, 2.45) is 10.9 Å². The highest BCUT2D eigenvalue weighted by atomic mass is 16.4. The number of benzene rings is 2. The summed E-state index contributed by atoms with van der Waals surface area (Å²) < 4.78 is 0. The lowest BCUT2D eigenvalue weighted by atomic mass is 10.0. The number of rotatable bonds is 5. The molecule has 0 fully saturated rings. The number of hydrogen-bond donors (Lipinski definition) is 3. The summed E-state index contributed by atoms with van der Waals surface area (Å²) in [5.74, 6) is -0.206. The first kappa shape index (κ1) is 14.8. The van der Waals surface area contributed by atoms with Crippen molar-refractivity contribution < 1.29 is 10.0 Å². The molecule has 0 saturated carbocycles. The molecule has 1 amide bonds. The molecule has 0 radical (unpaired) electrons. The normalized spacial score (nSPS) is 13.1. The van der Waals surface area contributed by atoms with Gasteiger partial charge in [-0.25, -0.2) is 0 Å². The first-order valence-electron chi connectivity index (χ1n) is 6.93. The third-order valence-corrected chi connectivity index (χ3v) is 3.39. The molecule has 0 spiro atoms. The van der Waals surface area contributed by atoms with E-state index < -0.39 is 6.04 Å². The summed E-state index contributed by atoms with van der Waals surface area (Å²) in [6, 6.07) is 12.8. The van der Waals surface area contributed by atoms with Gasteiger partial charge in [-0.15, -0.1) is 0 Å². The van der Waals surface area contributed by atoms with Crippen LogP contribution in [-0.2, 0) is 0 Å². The van der Waals surface area contributed by atoms with E-state index in [0.29, 0.717) is 12.0 Å². The van der Waals surface area contributed by atoms with Crippen molar-refractivity contribution in [2.45, 2.75) is 25.8 Å². The summed E-state index contributed by atoms with van der Waals surface area (Å²) in [6.07, 6.45) is 1.43. The van der Waals surface area contributed by atoms with Gasteiger partial charge < -0.3 is 16.3 Å². The van der Waals surface area contributed by atoms with Crippen LogP contribution in [0.1, 0.15) is 30.1 Å². The predicted molar refractivity (Wildman–Crippen MR) is 83.5 cm³/mol. The van der Waals surface area contributed by atoms with Crippen LogP contribution in [0.2, 0.25) is 0 Å². The number of amidine groups is 1. The fraction of sp³-hybridized carbons (Fsp3) is 0.250. The highest BCUT2D eigenvalue weighted by Crippen LogP contribution is 2.18. The molecule has 1 atom stereocenters. The van der Waals surface area contributed by atoms with E-state index in [2.05, 4.69) is 10.5 Å². The summed E-state index contributed by atoms with van der Waals surface area (Å²) in [5, 5.41) is 16.5. The molecule has 0 aliphatic rings. The van der Waals surface area contributed by atoms with Crippen LogP contribution >= 0.6 is 0 Å². The van der Waals surface area contributed by atoms with Crippen LogP contribution in [0.3, 0.4) is 0 Å². The molecular formula is C16H19N3O2. The van der Waals surface area contributed by atoms with Gasteiger partial charge in [0.1, 0.15) is 0 Å². The summed E-state index contributed by atoms with van der Waals surface area (Å²) in [5.41, 5.74) is 6.21. The van der Waals surface area contributed by atoms with Gasteiger partial charge in [0.05, 0.1) is 6.04 Å². The number of hydrogen-bond acceptors (Lipinski definition) is 3. The van der Waals surface area contributed by atoms with Gasteiger partial charge in [0, 0.05) is 5.56 Å². The molecule has 5 nitrogen and oxygen atoms in total. The second-order valence-electron chi connectivity index (χ2n) is 4.87. The molecule has 5 heteroatoms. The second kappa shape index (κ2) is 6.74. The average Bonchev–Trinajstić information content (AvgIpc) is 2.53. The fourth-order valence-electron chi connectivity index (χ4n) is 2.31. The van der Waals surface area contributed by atoms with E-state index >= 15 is 0 Å². The summed E-state index contributed by atoms with van der Waals surface area (Å²) >= 11 is 0. The first-order valence-corrected chi connectivity index (χ1v) is 6.93. The topological polar surface area (TPSA) is 87.7 Å². The number of nitrogens with one attached hydrogen (secondary N) is 1. The average molecular weight is 285 g/mol. The van der Waals surface area contributed by atoms with E-state index in [-0.39, 0.29) is 11.7 Å². The minimum absolute atomic E-state index is 0.0189. The van der Waals surface area contributed by atoms with E-state index in [1.165, 1.54) is 0 Å². The van der Waals surface area contributed by atoms with Crippen molar-refractivity contribution in [1.82, 2.24) is 5.32 Å². The summed E-state index contributed by atoms with van der Waals surface area (Å²) in [6.45, 7) is 1.97.